The first-order valence-electron chi connectivity index (χ1n) is 5.72. The molecule has 1 unspecified atom stereocenters. The third-order valence-corrected chi connectivity index (χ3v) is 4.33. The lowest BCUT2D eigenvalue weighted by atomic mass is 10.0. The molecule has 0 bridgehead atoms. The first-order valence-corrected chi connectivity index (χ1v) is 7.58. The van der Waals surface area contributed by atoms with Crippen LogP contribution in [-0.4, -0.2) is 25.5 Å². The number of carbonyl (C=O) groups is 1. The van der Waals surface area contributed by atoms with E-state index in [1.54, 1.807) is 19.9 Å². The van der Waals surface area contributed by atoms with E-state index in [0.29, 0.717) is 5.02 Å². The molecule has 0 aromatic heterocycles. The zero-order chi connectivity index (χ0) is 14.6. The van der Waals surface area contributed by atoms with E-state index in [2.05, 4.69) is 4.72 Å². The van der Waals surface area contributed by atoms with Gasteiger partial charge in [0.25, 0.3) is 0 Å². The van der Waals surface area contributed by atoms with Gasteiger partial charge in [-0.1, -0.05) is 31.5 Å². The summed E-state index contributed by atoms with van der Waals surface area (Å²) in [4.78, 5) is 10.8. The van der Waals surface area contributed by atoms with Crippen molar-refractivity contribution in [2.75, 3.05) is 0 Å². The molecule has 0 radical (unpaired) electrons. The van der Waals surface area contributed by atoms with Gasteiger partial charge >= 0.3 is 5.97 Å². The number of nitrogens with one attached hydrogen (secondary N) is 1. The number of hydrogen-bond acceptors (Lipinski definition) is 3. The zero-order valence-electron chi connectivity index (χ0n) is 10.6. The van der Waals surface area contributed by atoms with Gasteiger partial charge in [-0.3, -0.25) is 4.79 Å². The number of carboxylic acids is 1. The van der Waals surface area contributed by atoms with Gasteiger partial charge < -0.3 is 5.11 Å². The molecule has 0 aliphatic carbocycles. The van der Waals surface area contributed by atoms with E-state index < -0.39 is 22.0 Å². The number of sulfonamides is 1. The molecule has 0 fully saturated rings. The second-order valence-electron chi connectivity index (χ2n) is 4.53. The van der Waals surface area contributed by atoms with Crippen molar-refractivity contribution >= 4 is 27.6 Å². The minimum Gasteiger partial charge on any atom is -0.481 e. The summed E-state index contributed by atoms with van der Waals surface area (Å²) in [5, 5.41) is 9.10. The standard InChI is InChI=1S/C12H16ClNO4S/c1-8(2)11(7-12(15)16)14-19(17,18)10-5-3-4-9(13)6-10/h3-6,8,11,14H,7H2,1-2H3,(H,15,16). The highest BCUT2D eigenvalue weighted by molar-refractivity contribution is 7.89. The topological polar surface area (TPSA) is 83.5 Å². The maximum absolute atomic E-state index is 12.1. The third kappa shape index (κ3) is 4.81. The smallest absolute Gasteiger partial charge is 0.304 e. The average molecular weight is 306 g/mol. The van der Waals surface area contributed by atoms with Gasteiger partial charge in [0.15, 0.2) is 0 Å². The van der Waals surface area contributed by atoms with Crippen molar-refractivity contribution in [3.05, 3.63) is 29.3 Å². The van der Waals surface area contributed by atoms with Gasteiger partial charge in [-0.2, -0.15) is 0 Å². The number of carboxylic acid groups (broad SMARTS) is 1. The van der Waals surface area contributed by atoms with Gasteiger partial charge in [0.1, 0.15) is 0 Å². The van der Waals surface area contributed by atoms with Crippen molar-refractivity contribution < 1.29 is 18.3 Å². The predicted molar refractivity (Wildman–Crippen MR) is 72.7 cm³/mol. The molecule has 0 saturated carbocycles. The molecule has 0 aliphatic rings. The lowest BCUT2D eigenvalue weighted by Crippen LogP contribution is -2.40. The molecular weight excluding hydrogens is 290 g/mol. The van der Waals surface area contributed by atoms with E-state index in [0.717, 1.165) is 0 Å². The summed E-state index contributed by atoms with van der Waals surface area (Å²) in [5.41, 5.74) is 0. The third-order valence-electron chi connectivity index (χ3n) is 2.61. The fourth-order valence-electron chi connectivity index (χ4n) is 1.50. The normalized spacial score (nSPS) is 13.5. The molecule has 1 aromatic rings. The van der Waals surface area contributed by atoms with Crippen LogP contribution in [0.4, 0.5) is 0 Å². The summed E-state index contributed by atoms with van der Waals surface area (Å²) in [6.45, 7) is 3.52. The molecule has 106 valence electrons. The van der Waals surface area contributed by atoms with Crippen molar-refractivity contribution in [3.8, 4) is 0 Å². The molecule has 0 spiro atoms. The second kappa shape index (κ2) is 6.36. The monoisotopic (exact) mass is 305 g/mol. The molecule has 5 nitrogen and oxygen atoms in total. The Hall–Kier alpha value is -1.11. The number of aliphatic carboxylic acids is 1. The average Bonchev–Trinajstić information content (AvgIpc) is 2.27. The van der Waals surface area contributed by atoms with E-state index in [1.807, 2.05) is 0 Å². The predicted octanol–water partition coefficient (Wildman–Crippen LogP) is 2.12. The van der Waals surface area contributed by atoms with E-state index >= 15 is 0 Å². The van der Waals surface area contributed by atoms with Crippen LogP contribution >= 0.6 is 11.6 Å². The minimum absolute atomic E-state index is 0.0241. The molecular formula is C12H16ClNO4S. The first-order chi connectivity index (χ1) is 8.72. The molecule has 0 heterocycles. The maximum atomic E-state index is 12.1. The summed E-state index contributed by atoms with van der Waals surface area (Å²) in [6.07, 6.45) is -0.266. The molecule has 1 atom stereocenters. The van der Waals surface area contributed by atoms with E-state index in [4.69, 9.17) is 16.7 Å². The summed E-state index contributed by atoms with van der Waals surface area (Å²) in [7, 11) is -3.77. The number of rotatable bonds is 6. The first kappa shape index (κ1) is 15.9. The Morgan fingerprint density at radius 2 is 2.05 bits per heavy atom. The Morgan fingerprint density at radius 1 is 1.42 bits per heavy atom. The molecule has 19 heavy (non-hydrogen) atoms. The summed E-state index contributed by atoms with van der Waals surface area (Å²) in [5.74, 6) is -1.18. The zero-order valence-corrected chi connectivity index (χ0v) is 12.2. The van der Waals surface area contributed by atoms with Crippen LogP contribution in [-0.2, 0) is 14.8 Å². The minimum atomic E-state index is -3.77. The van der Waals surface area contributed by atoms with Crippen LogP contribution in [0.3, 0.4) is 0 Å². The fourth-order valence-corrected chi connectivity index (χ4v) is 3.19. The summed E-state index contributed by atoms with van der Waals surface area (Å²) in [6, 6.07) is 5.16. The summed E-state index contributed by atoms with van der Waals surface area (Å²) >= 11 is 5.75. The highest BCUT2D eigenvalue weighted by Gasteiger charge is 2.24. The van der Waals surface area contributed by atoms with Crippen LogP contribution in [0.1, 0.15) is 20.3 Å². The molecule has 1 rings (SSSR count). The molecule has 0 aliphatic heterocycles. The molecule has 2 N–H and O–H groups in total. The van der Waals surface area contributed by atoms with Crippen LogP contribution in [0.15, 0.2) is 29.2 Å². The molecule has 7 heteroatoms. The molecule has 0 saturated heterocycles. The lowest BCUT2D eigenvalue weighted by Gasteiger charge is -2.20. The Morgan fingerprint density at radius 3 is 2.53 bits per heavy atom. The molecule has 0 amide bonds. The fraction of sp³-hybridized carbons (Fsp3) is 0.417. The van der Waals surface area contributed by atoms with E-state index in [9.17, 15) is 13.2 Å². The SMILES string of the molecule is CC(C)C(CC(=O)O)NS(=O)(=O)c1cccc(Cl)c1. The largest absolute Gasteiger partial charge is 0.481 e. The van der Waals surface area contributed by atoms with Gasteiger partial charge in [0, 0.05) is 11.1 Å². The van der Waals surface area contributed by atoms with Gasteiger partial charge in [-0.25, -0.2) is 13.1 Å². The Balaban J connectivity index is 2.97. The van der Waals surface area contributed by atoms with Crippen molar-refractivity contribution in [1.29, 1.82) is 0 Å². The van der Waals surface area contributed by atoms with Gasteiger partial charge in [-0.15, -0.1) is 0 Å². The van der Waals surface area contributed by atoms with Crippen LogP contribution in [0.5, 0.6) is 0 Å². The number of halogens is 1. The van der Waals surface area contributed by atoms with Gasteiger partial charge in [0.2, 0.25) is 10.0 Å². The Kier molecular flexibility index (Phi) is 5.34. The summed E-state index contributed by atoms with van der Waals surface area (Å²) < 4.78 is 26.6. The van der Waals surface area contributed by atoms with Crippen LogP contribution in [0, 0.1) is 5.92 Å². The van der Waals surface area contributed by atoms with Crippen molar-refractivity contribution in [1.82, 2.24) is 4.72 Å². The van der Waals surface area contributed by atoms with Crippen molar-refractivity contribution in [3.63, 3.8) is 0 Å². The number of benzene rings is 1. The Bertz CT molecular complexity index is 557. The van der Waals surface area contributed by atoms with Gasteiger partial charge in [0.05, 0.1) is 11.3 Å². The Labute approximate surface area is 117 Å². The van der Waals surface area contributed by atoms with Crippen LogP contribution in [0.2, 0.25) is 5.02 Å². The van der Waals surface area contributed by atoms with Crippen LogP contribution < -0.4 is 4.72 Å². The quantitative estimate of drug-likeness (QED) is 0.843. The van der Waals surface area contributed by atoms with Gasteiger partial charge in [-0.05, 0) is 24.1 Å². The molecule has 1 aromatic carbocycles. The van der Waals surface area contributed by atoms with E-state index in [-0.39, 0.29) is 17.2 Å². The number of hydrogen-bond donors (Lipinski definition) is 2. The highest BCUT2D eigenvalue weighted by atomic mass is 35.5. The van der Waals surface area contributed by atoms with Crippen molar-refractivity contribution in [2.45, 2.75) is 31.2 Å². The van der Waals surface area contributed by atoms with Crippen LogP contribution in [0.25, 0.3) is 0 Å². The second-order valence-corrected chi connectivity index (χ2v) is 6.68. The van der Waals surface area contributed by atoms with Crippen molar-refractivity contribution in [2.24, 2.45) is 5.92 Å². The lowest BCUT2D eigenvalue weighted by molar-refractivity contribution is -0.137. The highest BCUT2D eigenvalue weighted by Crippen LogP contribution is 2.17. The maximum Gasteiger partial charge on any atom is 0.304 e. The van der Waals surface area contributed by atoms with E-state index in [1.165, 1.54) is 18.2 Å².